The molecule has 4 amide bonds. The van der Waals surface area contributed by atoms with Gasteiger partial charge in [-0.25, -0.2) is 17.9 Å². The predicted octanol–water partition coefficient (Wildman–Crippen LogP) is 2.50. The number of aryl methyl sites for hydroxylation is 1. The van der Waals surface area contributed by atoms with Gasteiger partial charge in [-0.15, -0.1) is 0 Å². The zero-order valence-corrected chi connectivity index (χ0v) is 21.6. The molecule has 1 aliphatic rings. The van der Waals surface area contributed by atoms with Crippen molar-refractivity contribution in [2.75, 3.05) is 13.1 Å². The smallest absolute Gasteiger partial charge is 0.324 e. The second-order valence-electron chi connectivity index (χ2n) is 9.01. The largest absolute Gasteiger partial charge is 0.324 e. The van der Waals surface area contributed by atoms with Crippen LogP contribution in [0.2, 0.25) is 0 Å². The minimum absolute atomic E-state index is 0.198. The lowest BCUT2D eigenvalue weighted by Crippen LogP contribution is -2.57. The van der Waals surface area contributed by atoms with E-state index in [4.69, 9.17) is 0 Å². The fraction of sp³-hybridized carbons (Fsp3) is 0.370. The molecule has 2 aromatic rings. The minimum Gasteiger partial charge on any atom is -0.324 e. The van der Waals surface area contributed by atoms with Crippen LogP contribution in [0, 0.1) is 0 Å². The molecule has 10 heteroatoms. The normalized spacial score (nSPS) is 15.3. The first-order valence-corrected chi connectivity index (χ1v) is 13.9. The monoisotopic (exact) mass is 526 g/mol. The van der Waals surface area contributed by atoms with Gasteiger partial charge >= 0.3 is 6.03 Å². The van der Waals surface area contributed by atoms with Crippen molar-refractivity contribution in [2.45, 2.75) is 50.6 Å². The number of sulfonamides is 1. The SMILES string of the molecule is C=CS(=O)(=O)NC(=O)[C@H](CCc1ccccc1)N[C@H](Cc1ccccc1)C(=O)NC(=O)N1CCCCC1. The second kappa shape index (κ2) is 13.7. The highest BCUT2D eigenvalue weighted by atomic mass is 32.2. The molecule has 3 rings (SSSR count). The molecule has 198 valence electrons. The van der Waals surface area contributed by atoms with Crippen molar-refractivity contribution in [3.05, 3.63) is 83.8 Å². The Kier molecular flexibility index (Phi) is 10.4. The van der Waals surface area contributed by atoms with Crippen molar-refractivity contribution >= 4 is 27.9 Å². The summed E-state index contributed by atoms with van der Waals surface area (Å²) in [7, 11) is -4.03. The molecule has 0 radical (unpaired) electrons. The van der Waals surface area contributed by atoms with E-state index in [0.717, 1.165) is 30.4 Å². The minimum atomic E-state index is -4.03. The summed E-state index contributed by atoms with van der Waals surface area (Å²) >= 11 is 0. The van der Waals surface area contributed by atoms with E-state index in [2.05, 4.69) is 17.2 Å². The maximum Gasteiger partial charge on any atom is 0.324 e. The number of amides is 4. The van der Waals surface area contributed by atoms with E-state index in [1.807, 2.05) is 65.4 Å². The molecule has 37 heavy (non-hydrogen) atoms. The zero-order chi connectivity index (χ0) is 26.7. The van der Waals surface area contributed by atoms with E-state index in [1.54, 1.807) is 4.90 Å². The molecule has 0 aromatic heterocycles. The number of hydrogen-bond donors (Lipinski definition) is 3. The van der Waals surface area contributed by atoms with Gasteiger partial charge in [-0.2, -0.15) is 0 Å². The Labute approximate surface area is 218 Å². The number of carbonyl (C=O) groups is 3. The van der Waals surface area contributed by atoms with E-state index >= 15 is 0 Å². The molecule has 1 heterocycles. The summed E-state index contributed by atoms with van der Waals surface area (Å²) in [5.41, 5.74) is 1.78. The van der Waals surface area contributed by atoms with E-state index in [1.165, 1.54) is 0 Å². The number of benzene rings is 2. The Morgan fingerprint density at radius 2 is 1.46 bits per heavy atom. The summed E-state index contributed by atoms with van der Waals surface area (Å²) in [6.07, 6.45) is 3.69. The molecule has 2 atom stereocenters. The maximum atomic E-state index is 13.3. The second-order valence-corrected chi connectivity index (χ2v) is 10.6. The van der Waals surface area contributed by atoms with E-state index in [9.17, 15) is 22.8 Å². The first kappa shape index (κ1) is 28.1. The Hall–Kier alpha value is -3.50. The quantitative estimate of drug-likeness (QED) is 0.413. The number of imide groups is 1. The number of nitrogens with zero attached hydrogens (tertiary/aromatic N) is 1. The lowest BCUT2D eigenvalue weighted by Gasteiger charge is -2.28. The molecular formula is C27H34N4O5S. The first-order chi connectivity index (χ1) is 17.8. The summed E-state index contributed by atoms with van der Waals surface area (Å²) in [6.45, 7) is 4.39. The van der Waals surface area contributed by atoms with E-state index < -0.39 is 40.0 Å². The summed E-state index contributed by atoms with van der Waals surface area (Å²) in [5, 5.41) is 6.16. The van der Waals surface area contributed by atoms with Gasteiger partial charge in [0.05, 0.1) is 12.1 Å². The van der Waals surface area contributed by atoms with Gasteiger partial charge in [0.1, 0.15) is 0 Å². The molecule has 2 aromatic carbocycles. The third kappa shape index (κ3) is 9.14. The Morgan fingerprint density at radius 1 is 0.865 bits per heavy atom. The molecule has 1 aliphatic heterocycles. The highest BCUT2D eigenvalue weighted by Crippen LogP contribution is 2.11. The van der Waals surface area contributed by atoms with Gasteiger partial charge in [0.2, 0.25) is 5.91 Å². The van der Waals surface area contributed by atoms with Crippen LogP contribution < -0.4 is 15.4 Å². The Morgan fingerprint density at radius 3 is 2.05 bits per heavy atom. The van der Waals surface area contributed by atoms with Gasteiger partial charge in [0.15, 0.2) is 0 Å². The van der Waals surface area contributed by atoms with Crippen LogP contribution in [-0.4, -0.2) is 56.3 Å². The van der Waals surface area contributed by atoms with Gasteiger partial charge in [-0.1, -0.05) is 67.2 Å². The molecule has 1 saturated heterocycles. The molecule has 0 spiro atoms. The number of rotatable bonds is 11. The lowest BCUT2D eigenvalue weighted by molar-refractivity contribution is -0.124. The van der Waals surface area contributed by atoms with Gasteiger partial charge in [-0.3, -0.25) is 20.2 Å². The van der Waals surface area contributed by atoms with Crippen molar-refractivity contribution < 1.29 is 22.8 Å². The molecule has 3 N–H and O–H groups in total. The van der Waals surface area contributed by atoms with E-state index in [-0.39, 0.29) is 12.8 Å². The standard InChI is InChI=1S/C27H34N4O5S/c1-2-37(35,36)30-26(33)23(17-16-21-12-6-3-7-13-21)28-24(20-22-14-8-4-9-15-22)25(32)29-27(34)31-18-10-5-11-19-31/h2-4,6-9,12-15,23-24,28H,1,5,10-11,16-20H2,(H,30,33)(H,29,32,34)/t23-,24+/m0/s1. The van der Waals surface area contributed by atoms with Crippen molar-refractivity contribution in [3.63, 3.8) is 0 Å². The van der Waals surface area contributed by atoms with Gasteiger partial charge < -0.3 is 4.90 Å². The van der Waals surface area contributed by atoms with Crippen molar-refractivity contribution in [1.29, 1.82) is 0 Å². The summed E-state index contributed by atoms with van der Waals surface area (Å²) in [6, 6.07) is 16.2. The third-order valence-electron chi connectivity index (χ3n) is 6.22. The van der Waals surface area contributed by atoms with Crippen molar-refractivity contribution in [1.82, 2.24) is 20.3 Å². The maximum absolute atomic E-state index is 13.3. The molecule has 9 nitrogen and oxygen atoms in total. The van der Waals surface area contributed by atoms with Crippen LogP contribution in [-0.2, 0) is 32.5 Å². The van der Waals surface area contributed by atoms with Crippen molar-refractivity contribution in [3.8, 4) is 0 Å². The Bertz CT molecular complexity index is 1170. The highest BCUT2D eigenvalue weighted by Gasteiger charge is 2.30. The fourth-order valence-corrected chi connectivity index (χ4v) is 4.69. The molecule has 0 aliphatic carbocycles. The molecule has 0 bridgehead atoms. The fourth-order valence-electron chi connectivity index (χ4n) is 4.19. The summed E-state index contributed by atoms with van der Waals surface area (Å²) in [4.78, 5) is 40.6. The van der Waals surface area contributed by atoms with Gasteiger partial charge in [0.25, 0.3) is 15.9 Å². The van der Waals surface area contributed by atoms with Gasteiger partial charge in [0, 0.05) is 18.5 Å². The number of hydrogen-bond acceptors (Lipinski definition) is 6. The molecule has 1 fully saturated rings. The van der Waals surface area contributed by atoms with Gasteiger partial charge in [-0.05, 0) is 49.7 Å². The zero-order valence-electron chi connectivity index (χ0n) is 20.8. The van der Waals surface area contributed by atoms with Crippen LogP contribution in [0.25, 0.3) is 0 Å². The van der Waals surface area contributed by atoms with Crippen LogP contribution in [0.5, 0.6) is 0 Å². The topological polar surface area (TPSA) is 125 Å². The number of likely N-dealkylation sites (tertiary alicyclic amines) is 1. The number of carbonyl (C=O) groups excluding carboxylic acids is 3. The van der Waals surface area contributed by atoms with Crippen LogP contribution in [0.15, 0.2) is 72.7 Å². The highest BCUT2D eigenvalue weighted by molar-refractivity contribution is 7.92. The first-order valence-electron chi connectivity index (χ1n) is 12.4. The van der Waals surface area contributed by atoms with Crippen molar-refractivity contribution in [2.24, 2.45) is 0 Å². The van der Waals surface area contributed by atoms with Crippen LogP contribution in [0.3, 0.4) is 0 Å². The number of nitrogens with one attached hydrogen (secondary N) is 3. The number of urea groups is 1. The summed E-state index contributed by atoms with van der Waals surface area (Å²) < 4.78 is 26.0. The molecule has 0 saturated carbocycles. The third-order valence-corrected chi connectivity index (χ3v) is 7.14. The molecular weight excluding hydrogens is 492 g/mol. The van der Waals surface area contributed by atoms with Crippen LogP contribution >= 0.6 is 0 Å². The Balaban J connectivity index is 1.80. The average molecular weight is 527 g/mol. The average Bonchev–Trinajstić information content (AvgIpc) is 2.91. The summed E-state index contributed by atoms with van der Waals surface area (Å²) in [5.74, 6) is -1.38. The predicted molar refractivity (Wildman–Crippen MR) is 142 cm³/mol. The molecule has 0 unspecified atom stereocenters. The van der Waals surface area contributed by atoms with Crippen LogP contribution in [0.4, 0.5) is 4.79 Å². The van der Waals surface area contributed by atoms with Crippen LogP contribution in [0.1, 0.15) is 36.8 Å². The van der Waals surface area contributed by atoms with E-state index in [0.29, 0.717) is 24.9 Å². The lowest BCUT2D eigenvalue weighted by atomic mass is 10.0. The number of piperidine rings is 1.